The molecule has 9 nitrogen and oxygen atoms in total. The van der Waals surface area contributed by atoms with Crippen LogP contribution in [0.25, 0.3) is 15.9 Å². The Morgan fingerprint density at radius 2 is 2.16 bits per heavy atom. The van der Waals surface area contributed by atoms with E-state index in [1.165, 1.54) is 22.3 Å². The van der Waals surface area contributed by atoms with Crippen molar-refractivity contribution in [2.24, 2.45) is 0 Å². The van der Waals surface area contributed by atoms with Gasteiger partial charge < -0.3 is 0 Å². The Labute approximate surface area is 144 Å². The highest BCUT2D eigenvalue weighted by molar-refractivity contribution is 7.16. The van der Waals surface area contributed by atoms with Gasteiger partial charge >= 0.3 is 0 Å². The molecule has 0 bridgehead atoms. The number of fused-ring (bicyclic) bond motifs is 1. The van der Waals surface area contributed by atoms with Crippen LogP contribution in [0.2, 0.25) is 0 Å². The smallest absolute Gasteiger partial charge is 0.267 e. The van der Waals surface area contributed by atoms with Gasteiger partial charge in [0.05, 0.1) is 11.1 Å². The molecule has 0 spiro atoms. The van der Waals surface area contributed by atoms with Crippen molar-refractivity contribution in [3.05, 3.63) is 63.8 Å². The Morgan fingerprint density at radius 3 is 2.96 bits per heavy atom. The Morgan fingerprint density at radius 1 is 1.28 bits per heavy atom. The van der Waals surface area contributed by atoms with Gasteiger partial charge in [0.25, 0.3) is 11.5 Å². The lowest BCUT2D eigenvalue weighted by atomic mass is 10.2. The first-order valence-electron chi connectivity index (χ1n) is 7.25. The highest BCUT2D eigenvalue weighted by Crippen LogP contribution is 2.15. The molecule has 124 valence electrons. The Balaban J connectivity index is 1.69. The van der Waals surface area contributed by atoms with E-state index in [2.05, 4.69) is 25.9 Å². The lowest BCUT2D eigenvalue weighted by Crippen LogP contribution is -2.35. The minimum Gasteiger partial charge on any atom is -0.267 e. The molecule has 0 atom stereocenters. The Hall–Kier alpha value is -3.40. The van der Waals surface area contributed by atoms with Crippen LogP contribution in [0.4, 0.5) is 0 Å². The molecular weight excluding hydrogens is 342 g/mol. The topological polar surface area (TPSA) is 108 Å². The van der Waals surface area contributed by atoms with Crippen LogP contribution in [0.5, 0.6) is 0 Å². The van der Waals surface area contributed by atoms with Crippen molar-refractivity contribution in [2.45, 2.75) is 6.92 Å². The normalized spacial score (nSPS) is 10.9. The van der Waals surface area contributed by atoms with Crippen LogP contribution >= 0.6 is 11.3 Å². The third kappa shape index (κ3) is 2.68. The maximum atomic E-state index is 12.6. The molecule has 0 saturated heterocycles. The van der Waals surface area contributed by atoms with E-state index in [1.54, 1.807) is 42.6 Å². The molecule has 25 heavy (non-hydrogen) atoms. The lowest BCUT2D eigenvalue weighted by molar-refractivity contribution is 0.101. The summed E-state index contributed by atoms with van der Waals surface area (Å²) >= 11 is 1.38. The summed E-state index contributed by atoms with van der Waals surface area (Å²) in [7, 11) is 0. The minimum absolute atomic E-state index is 0.311. The van der Waals surface area contributed by atoms with Crippen LogP contribution in [-0.2, 0) is 0 Å². The van der Waals surface area contributed by atoms with Gasteiger partial charge in [-0.1, -0.05) is 6.07 Å². The van der Waals surface area contributed by atoms with Gasteiger partial charge in [0, 0.05) is 5.56 Å². The number of nitrogens with zero attached hydrogens (tertiary/aromatic N) is 6. The number of tetrazole rings is 1. The molecule has 0 radical (unpaired) electrons. The number of benzene rings is 1. The number of amides is 1. The van der Waals surface area contributed by atoms with E-state index in [4.69, 9.17) is 0 Å². The zero-order chi connectivity index (χ0) is 17.4. The van der Waals surface area contributed by atoms with E-state index < -0.39 is 5.91 Å². The van der Waals surface area contributed by atoms with Gasteiger partial charge in [0.15, 0.2) is 0 Å². The molecule has 0 saturated carbocycles. The average Bonchev–Trinajstić information content (AvgIpc) is 3.30. The highest BCUT2D eigenvalue weighted by atomic mass is 32.1. The predicted octanol–water partition coefficient (Wildman–Crippen LogP) is 1.13. The number of hydrogen-bond donors (Lipinski definition) is 1. The van der Waals surface area contributed by atoms with Gasteiger partial charge in [-0.15, -0.1) is 16.4 Å². The molecule has 3 heterocycles. The molecule has 3 aromatic heterocycles. The van der Waals surface area contributed by atoms with Crippen LogP contribution < -0.4 is 11.0 Å². The Bertz CT molecular complexity index is 1130. The van der Waals surface area contributed by atoms with E-state index in [9.17, 15) is 9.59 Å². The van der Waals surface area contributed by atoms with Crippen molar-refractivity contribution in [1.29, 1.82) is 0 Å². The molecule has 4 aromatic rings. The highest BCUT2D eigenvalue weighted by Gasteiger charge is 2.13. The molecule has 10 heteroatoms. The molecule has 0 aliphatic carbocycles. The number of aryl methyl sites for hydroxylation is 1. The molecular formula is C15H11N7O2S. The fraction of sp³-hybridized carbons (Fsp3) is 0.0667. The van der Waals surface area contributed by atoms with E-state index in [1.807, 2.05) is 0 Å². The van der Waals surface area contributed by atoms with Crippen molar-refractivity contribution in [3.8, 4) is 5.69 Å². The Kier molecular flexibility index (Phi) is 3.58. The maximum absolute atomic E-state index is 12.6. The molecule has 0 unspecified atom stereocenters. The SMILES string of the molecule is Cc1nc2sccc2c(=O)n1NC(=O)c1cccc(-n2cnnn2)c1. The van der Waals surface area contributed by atoms with Crippen LogP contribution in [0.15, 0.2) is 46.8 Å². The summed E-state index contributed by atoms with van der Waals surface area (Å²) in [5.74, 6) is -0.0264. The van der Waals surface area contributed by atoms with Crippen molar-refractivity contribution < 1.29 is 4.79 Å². The zero-order valence-electron chi connectivity index (χ0n) is 12.9. The summed E-state index contributed by atoms with van der Waals surface area (Å²) in [5.41, 5.74) is 3.28. The second-order valence-electron chi connectivity index (χ2n) is 5.18. The van der Waals surface area contributed by atoms with Crippen LogP contribution in [-0.4, -0.2) is 35.8 Å². The van der Waals surface area contributed by atoms with Crippen molar-refractivity contribution in [1.82, 2.24) is 29.9 Å². The fourth-order valence-corrected chi connectivity index (χ4v) is 3.18. The van der Waals surface area contributed by atoms with E-state index in [-0.39, 0.29) is 5.56 Å². The van der Waals surface area contributed by atoms with Gasteiger partial charge in [-0.3, -0.25) is 15.0 Å². The third-order valence-electron chi connectivity index (χ3n) is 3.60. The zero-order valence-corrected chi connectivity index (χ0v) is 13.8. The molecule has 1 N–H and O–H groups in total. The van der Waals surface area contributed by atoms with Gasteiger partial charge in [-0.25, -0.2) is 14.3 Å². The van der Waals surface area contributed by atoms with E-state index >= 15 is 0 Å². The van der Waals surface area contributed by atoms with Crippen LogP contribution in [0.3, 0.4) is 0 Å². The maximum Gasteiger partial charge on any atom is 0.281 e. The number of aromatic nitrogens is 6. The minimum atomic E-state index is -0.434. The summed E-state index contributed by atoms with van der Waals surface area (Å²) < 4.78 is 2.59. The first-order chi connectivity index (χ1) is 12.1. The third-order valence-corrected chi connectivity index (χ3v) is 4.41. The van der Waals surface area contributed by atoms with Crippen LogP contribution in [0, 0.1) is 6.92 Å². The molecule has 4 rings (SSSR count). The van der Waals surface area contributed by atoms with Crippen molar-refractivity contribution in [2.75, 3.05) is 5.43 Å². The molecule has 1 aromatic carbocycles. The quantitative estimate of drug-likeness (QED) is 0.591. The van der Waals surface area contributed by atoms with Gasteiger partial charge in [-0.2, -0.15) is 0 Å². The number of rotatable bonds is 3. The number of carbonyl (C=O) groups excluding carboxylic acids is 1. The standard InChI is InChI=1S/C15H11N7O2S/c1-9-17-14-12(5-6-25-14)15(24)22(9)18-13(23)10-3-2-4-11(7-10)21-8-16-19-20-21/h2-8H,1H3,(H,18,23). The van der Waals surface area contributed by atoms with E-state index in [0.717, 1.165) is 4.68 Å². The second kappa shape index (κ2) is 5.91. The monoisotopic (exact) mass is 353 g/mol. The largest absolute Gasteiger partial charge is 0.281 e. The van der Waals surface area contributed by atoms with Gasteiger partial charge in [0.2, 0.25) is 0 Å². The summed E-state index contributed by atoms with van der Waals surface area (Å²) in [6.07, 6.45) is 1.43. The molecule has 0 fully saturated rings. The summed E-state index contributed by atoms with van der Waals surface area (Å²) in [6.45, 7) is 1.67. The molecule has 1 amide bonds. The first kappa shape index (κ1) is 15.1. The average molecular weight is 353 g/mol. The van der Waals surface area contributed by atoms with E-state index in [0.29, 0.717) is 27.3 Å². The number of nitrogens with one attached hydrogen (secondary N) is 1. The first-order valence-corrected chi connectivity index (χ1v) is 8.13. The van der Waals surface area contributed by atoms with Crippen molar-refractivity contribution >= 4 is 27.5 Å². The van der Waals surface area contributed by atoms with Gasteiger partial charge in [0.1, 0.15) is 17.0 Å². The van der Waals surface area contributed by atoms with Crippen molar-refractivity contribution in [3.63, 3.8) is 0 Å². The fourth-order valence-electron chi connectivity index (χ4n) is 2.38. The molecule has 0 aliphatic heterocycles. The second-order valence-corrected chi connectivity index (χ2v) is 6.08. The number of carbonyl (C=O) groups is 1. The van der Waals surface area contributed by atoms with Crippen LogP contribution in [0.1, 0.15) is 16.2 Å². The predicted molar refractivity (Wildman–Crippen MR) is 91.5 cm³/mol. The number of hydrogen-bond acceptors (Lipinski definition) is 7. The van der Waals surface area contributed by atoms with Gasteiger partial charge in [-0.05, 0) is 47.0 Å². The summed E-state index contributed by atoms with van der Waals surface area (Å²) in [4.78, 5) is 30.1. The summed E-state index contributed by atoms with van der Waals surface area (Å²) in [5, 5.41) is 13.2. The molecule has 0 aliphatic rings. The number of thiophene rings is 1. The summed E-state index contributed by atoms with van der Waals surface area (Å²) in [6, 6.07) is 8.43. The lowest BCUT2D eigenvalue weighted by Gasteiger charge is -2.11.